The fraction of sp³-hybridized carbons (Fsp3) is 0.389. The van der Waals surface area contributed by atoms with E-state index in [4.69, 9.17) is 0 Å². The first-order valence-corrected chi connectivity index (χ1v) is 8.64. The lowest BCUT2D eigenvalue weighted by Crippen LogP contribution is -2.33. The fourth-order valence-corrected chi connectivity index (χ4v) is 3.28. The van der Waals surface area contributed by atoms with Crippen molar-refractivity contribution in [2.24, 2.45) is 0 Å². The topological polar surface area (TPSA) is 46.1 Å². The van der Waals surface area contributed by atoms with Gasteiger partial charge in [-0.25, -0.2) is 14.4 Å². The summed E-state index contributed by atoms with van der Waals surface area (Å²) in [6.07, 6.45) is 0. The van der Waals surface area contributed by atoms with Crippen LogP contribution >= 0.6 is 11.8 Å². The molecule has 0 spiro atoms. The molecular formula is C18H22FN3OS. The number of nitrogens with zero attached hydrogens (tertiary/aromatic N) is 3. The molecule has 1 aromatic carbocycles. The van der Waals surface area contributed by atoms with Crippen LogP contribution in [0.1, 0.15) is 29.4 Å². The van der Waals surface area contributed by atoms with E-state index < -0.39 is 0 Å². The molecule has 1 amide bonds. The molecule has 24 heavy (non-hydrogen) atoms. The standard InChI is InChI=1S/C18H22FN3OS/c1-11-12(2)20-18(21-13(11)3)24-14(4)17(23)22(5)10-15-7-6-8-16(19)9-15/h6-9,14H,10H2,1-5H3/t14-/m0/s1. The van der Waals surface area contributed by atoms with Gasteiger partial charge in [-0.2, -0.15) is 0 Å². The van der Waals surface area contributed by atoms with Gasteiger partial charge in [0.05, 0.1) is 5.25 Å². The molecule has 0 fully saturated rings. The zero-order valence-corrected chi connectivity index (χ0v) is 15.4. The number of amides is 1. The Morgan fingerprint density at radius 3 is 2.46 bits per heavy atom. The molecule has 0 bridgehead atoms. The Hall–Kier alpha value is -1.95. The smallest absolute Gasteiger partial charge is 0.235 e. The fourth-order valence-electron chi connectivity index (χ4n) is 2.30. The van der Waals surface area contributed by atoms with Crippen molar-refractivity contribution >= 4 is 17.7 Å². The van der Waals surface area contributed by atoms with Crippen LogP contribution in [0.2, 0.25) is 0 Å². The highest BCUT2D eigenvalue weighted by atomic mass is 32.2. The number of thioether (sulfide) groups is 1. The normalized spacial score (nSPS) is 12.1. The monoisotopic (exact) mass is 347 g/mol. The summed E-state index contributed by atoms with van der Waals surface area (Å²) in [5, 5.41) is 0.292. The highest BCUT2D eigenvalue weighted by Crippen LogP contribution is 2.23. The first-order valence-electron chi connectivity index (χ1n) is 7.76. The predicted octanol–water partition coefficient (Wildman–Crippen LogP) is 3.68. The van der Waals surface area contributed by atoms with Crippen molar-refractivity contribution in [1.29, 1.82) is 0 Å². The number of rotatable bonds is 5. The zero-order chi connectivity index (χ0) is 17.9. The van der Waals surface area contributed by atoms with Gasteiger partial charge < -0.3 is 4.90 Å². The molecule has 0 saturated carbocycles. The molecule has 0 radical (unpaired) electrons. The van der Waals surface area contributed by atoms with E-state index in [-0.39, 0.29) is 17.0 Å². The minimum Gasteiger partial charge on any atom is -0.340 e. The van der Waals surface area contributed by atoms with Gasteiger partial charge in [-0.05, 0) is 51.0 Å². The maximum Gasteiger partial charge on any atom is 0.235 e. The Labute approximate surface area is 146 Å². The van der Waals surface area contributed by atoms with Crippen molar-refractivity contribution in [3.8, 4) is 0 Å². The molecule has 2 rings (SSSR count). The van der Waals surface area contributed by atoms with Gasteiger partial charge in [0.1, 0.15) is 5.82 Å². The third-order valence-electron chi connectivity index (χ3n) is 3.93. The number of carbonyl (C=O) groups excluding carboxylic acids is 1. The molecule has 0 saturated heterocycles. The highest BCUT2D eigenvalue weighted by Gasteiger charge is 2.20. The summed E-state index contributed by atoms with van der Waals surface area (Å²) < 4.78 is 13.2. The summed E-state index contributed by atoms with van der Waals surface area (Å²) in [4.78, 5) is 23.0. The lowest BCUT2D eigenvalue weighted by Gasteiger charge is -2.21. The first-order chi connectivity index (χ1) is 11.3. The third kappa shape index (κ3) is 4.54. The van der Waals surface area contributed by atoms with Crippen molar-refractivity contribution in [2.75, 3.05) is 7.05 Å². The number of aryl methyl sites for hydroxylation is 2. The SMILES string of the molecule is Cc1nc(S[C@@H](C)C(=O)N(C)Cc2cccc(F)c2)nc(C)c1C. The largest absolute Gasteiger partial charge is 0.340 e. The minimum atomic E-state index is -0.315. The Bertz CT molecular complexity index is 728. The first kappa shape index (κ1) is 18.4. The number of carbonyl (C=O) groups is 1. The van der Waals surface area contributed by atoms with Gasteiger partial charge in [-0.1, -0.05) is 23.9 Å². The van der Waals surface area contributed by atoms with Gasteiger partial charge in [-0.3, -0.25) is 4.79 Å². The van der Waals surface area contributed by atoms with Crippen LogP contribution in [-0.4, -0.2) is 33.1 Å². The van der Waals surface area contributed by atoms with E-state index in [0.29, 0.717) is 11.7 Å². The van der Waals surface area contributed by atoms with Crippen LogP contribution in [0.25, 0.3) is 0 Å². The Morgan fingerprint density at radius 1 is 1.25 bits per heavy atom. The average Bonchev–Trinajstić information content (AvgIpc) is 2.51. The second kappa shape index (κ2) is 7.75. The summed E-state index contributed by atoms with van der Waals surface area (Å²) in [6, 6.07) is 6.29. The van der Waals surface area contributed by atoms with E-state index in [0.717, 1.165) is 22.5 Å². The number of hydrogen-bond donors (Lipinski definition) is 0. The molecular weight excluding hydrogens is 325 g/mol. The molecule has 1 atom stereocenters. The zero-order valence-electron chi connectivity index (χ0n) is 14.6. The molecule has 0 unspecified atom stereocenters. The average molecular weight is 347 g/mol. The van der Waals surface area contributed by atoms with Gasteiger partial charge in [0.2, 0.25) is 5.91 Å². The summed E-state index contributed by atoms with van der Waals surface area (Å²) >= 11 is 1.34. The summed E-state index contributed by atoms with van der Waals surface area (Å²) in [6.45, 7) is 8.07. The van der Waals surface area contributed by atoms with E-state index in [2.05, 4.69) is 9.97 Å². The van der Waals surface area contributed by atoms with Crippen molar-refractivity contribution in [3.05, 3.63) is 52.6 Å². The quantitative estimate of drug-likeness (QED) is 0.611. The van der Waals surface area contributed by atoms with Crippen LogP contribution in [0.5, 0.6) is 0 Å². The van der Waals surface area contributed by atoms with Crippen LogP contribution in [0.3, 0.4) is 0 Å². The molecule has 0 aliphatic carbocycles. The molecule has 1 heterocycles. The summed E-state index contributed by atoms with van der Waals surface area (Å²) in [7, 11) is 1.72. The van der Waals surface area contributed by atoms with Crippen LogP contribution in [-0.2, 0) is 11.3 Å². The Morgan fingerprint density at radius 2 is 1.88 bits per heavy atom. The summed E-state index contributed by atoms with van der Waals surface area (Å²) in [5.74, 6) is -0.335. The maximum absolute atomic E-state index is 13.2. The molecule has 4 nitrogen and oxygen atoms in total. The van der Waals surface area contributed by atoms with Crippen molar-refractivity contribution in [3.63, 3.8) is 0 Å². The van der Waals surface area contributed by atoms with E-state index in [1.165, 1.54) is 23.9 Å². The minimum absolute atomic E-state index is 0.0382. The number of hydrogen-bond acceptors (Lipinski definition) is 4. The molecule has 0 N–H and O–H groups in total. The Kier molecular flexibility index (Phi) is 5.94. The maximum atomic E-state index is 13.2. The predicted molar refractivity (Wildman–Crippen MR) is 94.4 cm³/mol. The molecule has 1 aromatic heterocycles. The van der Waals surface area contributed by atoms with Crippen LogP contribution in [0, 0.1) is 26.6 Å². The van der Waals surface area contributed by atoms with Crippen molar-refractivity contribution < 1.29 is 9.18 Å². The van der Waals surface area contributed by atoms with Crippen LogP contribution in [0.4, 0.5) is 4.39 Å². The van der Waals surface area contributed by atoms with E-state index in [9.17, 15) is 9.18 Å². The van der Waals surface area contributed by atoms with Gasteiger partial charge in [-0.15, -0.1) is 0 Å². The number of aromatic nitrogens is 2. The van der Waals surface area contributed by atoms with Crippen molar-refractivity contribution in [1.82, 2.24) is 14.9 Å². The molecule has 6 heteroatoms. The molecule has 2 aromatic rings. The molecule has 128 valence electrons. The van der Waals surface area contributed by atoms with Gasteiger partial charge in [0, 0.05) is 25.0 Å². The molecule has 0 aliphatic heterocycles. The lowest BCUT2D eigenvalue weighted by atomic mass is 10.2. The van der Waals surface area contributed by atoms with Crippen LogP contribution < -0.4 is 0 Å². The highest BCUT2D eigenvalue weighted by molar-refractivity contribution is 8.00. The van der Waals surface area contributed by atoms with Crippen molar-refractivity contribution in [2.45, 2.75) is 44.6 Å². The van der Waals surface area contributed by atoms with Crippen LogP contribution in [0.15, 0.2) is 29.4 Å². The van der Waals surface area contributed by atoms with E-state index >= 15 is 0 Å². The Balaban J connectivity index is 2.03. The third-order valence-corrected chi connectivity index (χ3v) is 4.88. The molecule has 0 aliphatic rings. The number of benzene rings is 1. The number of halogens is 1. The van der Waals surface area contributed by atoms with E-state index in [1.54, 1.807) is 24.1 Å². The second-order valence-electron chi connectivity index (χ2n) is 5.89. The lowest BCUT2D eigenvalue weighted by molar-refractivity contribution is -0.129. The van der Waals surface area contributed by atoms with E-state index in [1.807, 2.05) is 27.7 Å². The van der Waals surface area contributed by atoms with Gasteiger partial charge in [0.15, 0.2) is 5.16 Å². The second-order valence-corrected chi connectivity index (χ2v) is 7.19. The summed E-state index contributed by atoms with van der Waals surface area (Å²) in [5.41, 5.74) is 3.69. The van der Waals surface area contributed by atoms with Gasteiger partial charge in [0.25, 0.3) is 0 Å². The van der Waals surface area contributed by atoms with Gasteiger partial charge >= 0.3 is 0 Å².